The normalized spacial score (nSPS) is 11.6. The summed E-state index contributed by atoms with van der Waals surface area (Å²) in [5, 5.41) is 3.85. The van der Waals surface area contributed by atoms with Gasteiger partial charge in [-0.3, -0.25) is 4.79 Å². The first-order chi connectivity index (χ1) is 12.0. The van der Waals surface area contributed by atoms with Crippen LogP contribution < -0.4 is 5.32 Å². The highest BCUT2D eigenvalue weighted by atomic mass is 35.5. The van der Waals surface area contributed by atoms with Crippen LogP contribution >= 0.6 is 23.4 Å². The summed E-state index contributed by atoms with van der Waals surface area (Å²) >= 11 is 7.21. The smallest absolute Gasteiger partial charge is 0.341 e. The number of nitrogens with zero attached hydrogens (tertiary/aromatic N) is 1. The maximum Gasteiger partial charge on any atom is 0.341 e. The molecule has 1 amide bonds. The minimum absolute atomic E-state index is 0.314. The fourth-order valence-electron chi connectivity index (χ4n) is 1.91. The molecule has 0 fully saturated rings. The van der Waals surface area contributed by atoms with Crippen molar-refractivity contribution in [1.82, 2.24) is 10.3 Å². The van der Waals surface area contributed by atoms with Crippen LogP contribution in [0.1, 0.15) is 30.6 Å². The lowest BCUT2D eigenvalue weighted by molar-refractivity contribution is -0.129. The molecular weight excluding hydrogens is 360 g/mol. The molecule has 0 unspecified atom stereocenters. The molecule has 0 saturated heterocycles. The summed E-state index contributed by atoms with van der Waals surface area (Å²) in [4.78, 5) is 29.4. The second-order valence-corrected chi connectivity index (χ2v) is 6.75. The SMILES string of the molecule is CCCNC(=O)[C@H](C)OC(=O)c1cccnc1Sc1ccc(Cl)cc1. The van der Waals surface area contributed by atoms with Gasteiger partial charge in [0.2, 0.25) is 0 Å². The number of hydrogen-bond acceptors (Lipinski definition) is 5. The van der Waals surface area contributed by atoms with Crippen molar-refractivity contribution in [2.24, 2.45) is 0 Å². The number of halogens is 1. The average molecular weight is 379 g/mol. The van der Waals surface area contributed by atoms with Gasteiger partial charge < -0.3 is 10.1 Å². The summed E-state index contributed by atoms with van der Waals surface area (Å²) < 4.78 is 5.27. The molecule has 2 rings (SSSR count). The lowest BCUT2D eigenvalue weighted by Gasteiger charge is -2.14. The quantitative estimate of drug-likeness (QED) is 0.738. The van der Waals surface area contributed by atoms with Crippen LogP contribution in [0.3, 0.4) is 0 Å². The van der Waals surface area contributed by atoms with E-state index in [0.717, 1.165) is 11.3 Å². The summed E-state index contributed by atoms with van der Waals surface area (Å²) in [6.07, 6.45) is 1.55. The Hall–Kier alpha value is -2.05. The molecule has 1 aromatic heterocycles. The topological polar surface area (TPSA) is 68.3 Å². The van der Waals surface area contributed by atoms with Crippen LogP contribution in [-0.2, 0) is 9.53 Å². The maximum absolute atomic E-state index is 12.4. The predicted octanol–water partition coefficient (Wildman–Crippen LogP) is 3.96. The maximum atomic E-state index is 12.4. The molecule has 1 aromatic carbocycles. The number of hydrogen-bond donors (Lipinski definition) is 1. The molecule has 132 valence electrons. The Morgan fingerprint density at radius 3 is 2.68 bits per heavy atom. The lowest BCUT2D eigenvalue weighted by atomic mass is 10.3. The summed E-state index contributed by atoms with van der Waals surface area (Å²) in [5.74, 6) is -0.894. The number of carbonyl (C=O) groups excluding carboxylic acids is 2. The Bertz CT molecular complexity index is 737. The number of carbonyl (C=O) groups is 2. The molecule has 0 aliphatic carbocycles. The van der Waals surface area contributed by atoms with Gasteiger partial charge in [-0.1, -0.05) is 30.3 Å². The highest BCUT2D eigenvalue weighted by molar-refractivity contribution is 7.99. The molecule has 0 saturated carbocycles. The molecule has 1 heterocycles. The minimum Gasteiger partial charge on any atom is -0.449 e. The first kappa shape index (κ1) is 19.3. The first-order valence-corrected chi connectivity index (χ1v) is 9.07. The van der Waals surface area contributed by atoms with E-state index in [1.54, 1.807) is 37.4 Å². The van der Waals surface area contributed by atoms with Gasteiger partial charge in [0, 0.05) is 22.7 Å². The van der Waals surface area contributed by atoms with Crippen molar-refractivity contribution >= 4 is 35.2 Å². The molecule has 2 aromatic rings. The van der Waals surface area contributed by atoms with E-state index in [2.05, 4.69) is 10.3 Å². The van der Waals surface area contributed by atoms with Crippen molar-refractivity contribution in [2.45, 2.75) is 36.3 Å². The van der Waals surface area contributed by atoms with E-state index in [-0.39, 0.29) is 5.91 Å². The number of amides is 1. The van der Waals surface area contributed by atoms with Crippen molar-refractivity contribution in [3.63, 3.8) is 0 Å². The van der Waals surface area contributed by atoms with Crippen molar-refractivity contribution in [1.29, 1.82) is 0 Å². The molecule has 0 radical (unpaired) electrons. The molecular formula is C18H19ClN2O3S. The number of esters is 1. The fourth-order valence-corrected chi connectivity index (χ4v) is 2.91. The standard InChI is InChI=1S/C18H19ClN2O3S/c1-3-10-20-16(22)12(2)24-18(23)15-5-4-11-21-17(15)25-14-8-6-13(19)7-9-14/h4-9,11-12H,3,10H2,1-2H3,(H,20,22)/t12-/m0/s1. The number of aromatic nitrogens is 1. The molecule has 0 aliphatic rings. The molecule has 25 heavy (non-hydrogen) atoms. The zero-order valence-electron chi connectivity index (χ0n) is 14.0. The van der Waals surface area contributed by atoms with Gasteiger partial charge in [0.05, 0.1) is 5.56 Å². The second-order valence-electron chi connectivity index (χ2n) is 5.25. The molecule has 0 spiro atoms. The molecule has 0 bridgehead atoms. The van der Waals surface area contributed by atoms with Gasteiger partial charge in [-0.15, -0.1) is 0 Å². The molecule has 7 heteroatoms. The number of nitrogens with one attached hydrogen (secondary N) is 1. The third kappa shape index (κ3) is 5.76. The van der Waals surface area contributed by atoms with Crippen molar-refractivity contribution < 1.29 is 14.3 Å². The van der Waals surface area contributed by atoms with E-state index < -0.39 is 12.1 Å². The van der Waals surface area contributed by atoms with Gasteiger partial charge in [0.25, 0.3) is 5.91 Å². The van der Waals surface area contributed by atoms with Crippen LogP contribution in [-0.4, -0.2) is 29.5 Å². The highest BCUT2D eigenvalue weighted by Gasteiger charge is 2.21. The second kappa shape index (κ2) is 9.44. The van der Waals surface area contributed by atoms with Gasteiger partial charge >= 0.3 is 5.97 Å². The lowest BCUT2D eigenvalue weighted by Crippen LogP contribution is -2.36. The Morgan fingerprint density at radius 2 is 2.00 bits per heavy atom. The number of ether oxygens (including phenoxy) is 1. The Morgan fingerprint density at radius 1 is 1.28 bits per heavy atom. The van der Waals surface area contributed by atoms with Gasteiger partial charge in [0.1, 0.15) is 5.03 Å². The average Bonchev–Trinajstić information content (AvgIpc) is 2.61. The first-order valence-electron chi connectivity index (χ1n) is 7.88. The predicted molar refractivity (Wildman–Crippen MR) is 98.0 cm³/mol. The van der Waals surface area contributed by atoms with Crippen LogP contribution in [0.2, 0.25) is 5.02 Å². The van der Waals surface area contributed by atoms with Gasteiger partial charge in [-0.2, -0.15) is 0 Å². The molecule has 5 nitrogen and oxygen atoms in total. The summed E-state index contributed by atoms with van der Waals surface area (Å²) in [5.41, 5.74) is 0.317. The third-order valence-electron chi connectivity index (χ3n) is 3.22. The van der Waals surface area contributed by atoms with E-state index in [1.807, 2.05) is 19.1 Å². The van der Waals surface area contributed by atoms with Crippen LogP contribution in [0.25, 0.3) is 0 Å². The largest absolute Gasteiger partial charge is 0.449 e. The summed E-state index contributed by atoms with van der Waals surface area (Å²) in [7, 11) is 0. The third-order valence-corrected chi connectivity index (χ3v) is 4.50. The highest BCUT2D eigenvalue weighted by Crippen LogP contribution is 2.29. The fraction of sp³-hybridized carbons (Fsp3) is 0.278. The monoisotopic (exact) mass is 378 g/mol. The zero-order valence-corrected chi connectivity index (χ0v) is 15.6. The molecule has 1 atom stereocenters. The zero-order chi connectivity index (χ0) is 18.2. The van der Waals surface area contributed by atoms with Gasteiger partial charge in [-0.25, -0.2) is 9.78 Å². The van der Waals surface area contributed by atoms with Gasteiger partial charge in [0.15, 0.2) is 6.10 Å². The van der Waals surface area contributed by atoms with Gasteiger partial charge in [-0.05, 0) is 49.7 Å². The van der Waals surface area contributed by atoms with Crippen LogP contribution in [0.4, 0.5) is 0 Å². The Balaban J connectivity index is 2.09. The van der Waals surface area contributed by atoms with Crippen LogP contribution in [0.5, 0.6) is 0 Å². The van der Waals surface area contributed by atoms with Crippen molar-refractivity contribution in [2.75, 3.05) is 6.54 Å². The number of pyridine rings is 1. The van der Waals surface area contributed by atoms with Crippen LogP contribution in [0.15, 0.2) is 52.5 Å². The number of benzene rings is 1. The number of rotatable bonds is 7. The molecule has 1 N–H and O–H groups in total. The van der Waals surface area contributed by atoms with E-state index >= 15 is 0 Å². The van der Waals surface area contributed by atoms with E-state index in [9.17, 15) is 9.59 Å². The Labute approximate surface area is 156 Å². The summed E-state index contributed by atoms with van der Waals surface area (Å²) in [6, 6.07) is 10.5. The van der Waals surface area contributed by atoms with Crippen molar-refractivity contribution in [3.05, 3.63) is 53.2 Å². The molecule has 0 aliphatic heterocycles. The van der Waals surface area contributed by atoms with Crippen molar-refractivity contribution in [3.8, 4) is 0 Å². The van der Waals surface area contributed by atoms with E-state index in [4.69, 9.17) is 16.3 Å². The summed E-state index contributed by atoms with van der Waals surface area (Å²) in [6.45, 7) is 4.05. The van der Waals surface area contributed by atoms with E-state index in [1.165, 1.54) is 11.8 Å². The minimum atomic E-state index is -0.868. The Kier molecular flexibility index (Phi) is 7.28. The van der Waals surface area contributed by atoms with Crippen LogP contribution in [0, 0.1) is 0 Å². The van der Waals surface area contributed by atoms with E-state index in [0.29, 0.717) is 22.2 Å².